The molecule has 1 saturated carbocycles. The third-order valence-corrected chi connectivity index (χ3v) is 3.33. The summed E-state index contributed by atoms with van der Waals surface area (Å²) < 4.78 is 5.08. The maximum atomic E-state index is 6.27. The summed E-state index contributed by atoms with van der Waals surface area (Å²) >= 11 is 6.27. The second-order valence-corrected chi connectivity index (χ2v) is 4.26. The molecular formula is C10H19ClO. The highest BCUT2D eigenvalue weighted by Crippen LogP contribution is 2.29. The standard InChI is InChI=1S/C10H19ClO/c1-12-8-7-9-5-3-2-4-6-10(9)11/h9-10H,2-8H2,1H3. The average Bonchev–Trinajstić information content (AvgIpc) is 2.27. The summed E-state index contributed by atoms with van der Waals surface area (Å²) in [7, 11) is 1.76. The zero-order chi connectivity index (χ0) is 8.81. The SMILES string of the molecule is COCCC1CCCCCC1Cl. The number of hydrogen-bond acceptors (Lipinski definition) is 1. The molecule has 1 aliphatic carbocycles. The molecule has 2 unspecified atom stereocenters. The van der Waals surface area contributed by atoms with Gasteiger partial charge in [-0.25, -0.2) is 0 Å². The van der Waals surface area contributed by atoms with Gasteiger partial charge in [-0.2, -0.15) is 0 Å². The van der Waals surface area contributed by atoms with Crippen LogP contribution in [0, 0.1) is 5.92 Å². The normalized spacial score (nSPS) is 31.5. The molecule has 2 atom stereocenters. The van der Waals surface area contributed by atoms with E-state index in [-0.39, 0.29) is 0 Å². The minimum Gasteiger partial charge on any atom is -0.385 e. The molecule has 72 valence electrons. The van der Waals surface area contributed by atoms with E-state index in [4.69, 9.17) is 16.3 Å². The molecule has 0 bridgehead atoms. The zero-order valence-corrected chi connectivity index (χ0v) is 8.65. The van der Waals surface area contributed by atoms with Gasteiger partial charge >= 0.3 is 0 Å². The molecule has 1 aliphatic rings. The van der Waals surface area contributed by atoms with Gasteiger partial charge in [-0.05, 0) is 25.2 Å². The van der Waals surface area contributed by atoms with Crippen LogP contribution in [0.2, 0.25) is 0 Å². The fraction of sp³-hybridized carbons (Fsp3) is 1.00. The van der Waals surface area contributed by atoms with Crippen molar-refractivity contribution in [2.75, 3.05) is 13.7 Å². The molecule has 0 aliphatic heterocycles. The van der Waals surface area contributed by atoms with Crippen molar-refractivity contribution in [3.05, 3.63) is 0 Å². The van der Waals surface area contributed by atoms with Crippen LogP contribution in [0.4, 0.5) is 0 Å². The second kappa shape index (κ2) is 5.82. The number of halogens is 1. The number of methoxy groups -OCH3 is 1. The molecule has 0 heterocycles. The van der Waals surface area contributed by atoms with E-state index in [0.29, 0.717) is 11.3 Å². The summed E-state index contributed by atoms with van der Waals surface area (Å²) in [6.07, 6.45) is 7.69. The van der Waals surface area contributed by atoms with Crippen molar-refractivity contribution in [1.82, 2.24) is 0 Å². The largest absolute Gasteiger partial charge is 0.385 e. The fourth-order valence-corrected chi connectivity index (χ4v) is 2.34. The van der Waals surface area contributed by atoms with Gasteiger partial charge in [0, 0.05) is 19.1 Å². The maximum Gasteiger partial charge on any atom is 0.0465 e. The Morgan fingerprint density at radius 1 is 1.25 bits per heavy atom. The van der Waals surface area contributed by atoms with Gasteiger partial charge in [-0.1, -0.05) is 19.3 Å². The highest BCUT2D eigenvalue weighted by Gasteiger charge is 2.20. The van der Waals surface area contributed by atoms with E-state index >= 15 is 0 Å². The Morgan fingerprint density at radius 2 is 2.00 bits per heavy atom. The van der Waals surface area contributed by atoms with Gasteiger partial charge in [0.2, 0.25) is 0 Å². The summed E-state index contributed by atoms with van der Waals surface area (Å²) in [4.78, 5) is 0. The Morgan fingerprint density at radius 3 is 2.75 bits per heavy atom. The first-order valence-electron chi connectivity index (χ1n) is 4.97. The van der Waals surface area contributed by atoms with Crippen molar-refractivity contribution in [2.24, 2.45) is 5.92 Å². The maximum absolute atomic E-state index is 6.27. The lowest BCUT2D eigenvalue weighted by Gasteiger charge is -2.18. The Labute approximate surface area is 80.4 Å². The Balaban J connectivity index is 2.26. The minimum absolute atomic E-state index is 0.405. The zero-order valence-electron chi connectivity index (χ0n) is 7.89. The quantitative estimate of drug-likeness (QED) is 0.491. The van der Waals surface area contributed by atoms with E-state index in [1.807, 2.05) is 0 Å². The molecule has 1 fully saturated rings. The predicted octanol–water partition coefficient (Wildman–Crippen LogP) is 3.21. The van der Waals surface area contributed by atoms with E-state index in [0.717, 1.165) is 13.0 Å². The number of alkyl halides is 1. The monoisotopic (exact) mass is 190 g/mol. The average molecular weight is 191 g/mol. The fourth-order valence-electron chi connectivity index (χ4n) is 1.93. The molecule has 12 heavy (non-hydrogen) atoms. The highest BCUT2D eigenvalue weighted by molar-refractivity contribution is 6.20. The molecule has 0 saturated heterocycles. The lowest BCUT2D eigenvalue weighted by molar-refractivity contribution is 0.174. The van der Waals surface area contributed by atoms with E-state index in [9.17, 15) is 0 Å². The molecule has 0 amide bonds. The van der Waals surface area contributed by atoms with Gasteiger partial charge in [-0.15, -0.1) is 11.6 Å². The highest BCUT2D eigenvalue weighted by atomic mass is 35.5. The summed E-state index contributed by atoms with van der Waals surface area (Å²) in [6, 6.07) is 0. The molecule has 0 aromatic heterocycles. The topological polar surface area (TPSA) is 9.23 Å². The summed E-state index contributed by atoms with van der Waals surface area (Å²) in [5.41, 5.74) is 0. The molecular weight excluding hydrogens is 172 g/mol. The molecule has 0 aromatic carbocycles. The lowest BCUT2D eigenvalue weighted by Crippen LogP contribution is -2.15. The molecule has 0 spiro atoms. The number of hydrogen-bond donors (Lipinski definition) is 0. The van der Waals surface area contributed by atoms with Crippen LogP contribution in [0.15, 0.2) is 0 Å². The van der Waals surface area contributed by atoms with Crippen molar-refractivity contribution in [1.29, 1.82) is 0 Å². The van der Waals surface area contributed by atoms with Crippen LogP contribution in [-0.2, 0) is 4.74 Å². The van der Waals surface area contributed by atoms with Crippen molar-refractivity contribution in [2.45, 2.75) is 43.9 Å². The molecule has 0 radical (unpaired) electrons. The molecule has 1 rings (SSSR count). The van der Waals surface area contributed by atoms with Crippen LogP contribution in [0.5, 0.6) is 0 Å². The third kappa shape index (κ3) is 3.32. The van der Waals surface area contributed by atoms with Gasteiger partial charge < -0.3 is 4.74 Å². The van der Waals surface area contributed by atoms with Gasteiger partial charge in [0.05, 0.1) is 0 Å². The van der Waals surface area contributed by atoms with Crippen LogP contribution >= 0.6 is 11.6 Å². The lowest BCUT2D eigenvalue weighted by atomic mass is 9.97. The number of ether oxygens (including phenoxy) is 1. The van der Waals surface area contributed by atoms with Crippen LogP contribution in [0.3, 0.4) is 0 Å². The second-order valence-electron chi connectivity index (χ2n) is 3.70. The molecule has 1 nitrogen and oxygen atoms in total. The summed E-state index contributed by atoms with van der Waals surface area (Å²) in [6.45, 7) is 0.869. The smallest absolute Gasteiger partial charge is 0.0465 e. The predicted molar refractivity (Wildman–Crippen MR) is 52.7 cm³/mol. The minimum atomic E-state index is 0.405. The van der Waals surface area contributed by atoms with Crippen LogP contribution in [0.25, 0.3) is 0 Å². The van der Waals surface area contributed by atoms with E-state index in [2.05, 4.69) is 0 Å². The Hall–Kier alpha value is 0.250. The van der Waals surface area contributed by atoms with Gasteiger partial charge in [-0.3, -0.25) is 0 Å². The van der Waals surface area contributed by atoms with Gasteiger partial charge in [0.15, 0.2) is 0 Å². The van der Waals surface area contributed by atoms with E-state index in [1.165, 1.54) is 32.1 Å². The van der Waals surface area contributed by atoms with E-state index < -0.39 is 0 Å². The van der Waals surface area contributed by atoms with Crippen LogP contribution in [-0.4, -0.2) is 19.1 Å². The Kier molecular flexibility index (Phi) is 5.01. The number of rotatable bonds is 3. The van der Waals surface area contributed by atoms with E-state index in [1.54, 1.807) is 7.11 Å². The Bertz CT molecular complexity index is 116. The molecule has 0 aromatic rings. The first kappa shape index (κ1) is 10.3. The van der Waals surface area contributed by atoms with Crippen LogP contribution in [0.1, 0.15) is 38.5 Å². The van der Waals surface area contributed by atoms with Crippen molar-refractivity contribution < 1.29 is 4.74 Å². The van der Waals surface area contributed by atoms with Gasteiger partial charge in [0.1, 0.15) is 0 Å². The summed E-state index contributed by atoms with van der Waals surface area (Å²) in [5, 5.41) is 0.405. The molecule has 2 heteroatoms. The summed E-state index contributed by atoms with van der Waals surface area (Å²) in [5.74, 6) is 0.703. The van der Waals surface area contributed by atoms with Crippen molar-refractivity contribution >= 4 is 11.6 Å². The first-order valence-corrected chi connectivity index (χ1v) is 5.41. The van der Waals surface area contributed by atoms with Crippen molar-refractivity contribution in [3.8, 4) is 0 Å². The van der Waals surface area contributed by atoms with Crippen LogP contribution < -0.4 is 0 Å². The molecule has 0 N–H and O–H groups in total. The third-order valence-electron chi connectivity index (χ3n) is 2.76. The van der Waals surface area contributed by atoms with Gasteiger partial charge in [0.25, 0.3) is 0 Å². The first-order chi connectivity index (χ1) is 5.84. The van der Waals surface area contributed by atoms with Crippen molar-refractivity contribution in [3.63, 3.8) is 0 Å².